The molecule has 2 rings (SSSR count). The molecule has 42 heavy (non-hydrogen) atoms. The lowest BCUT2D eigenvalue weighted by Gasteiger charge is -2.24. The van der Waals surface area contributed by atoms with Crippen molar-refractivity contribution < 1.29 is 0 Å². The van der Waals surface area contributed by atoms with Crippen LogP contribution in [0.1, 0.15) is 159 Å². The van der Waals surface area contributed by atoms with Crippen LogP contribution in [0.4, 0.5) is 0 Å². The van der Waals surface area contributed by atoms with Crippen molar-refractivity contribution in [2.24, 2.45) is 28.2 Å². The summed E-state index contributed by atoms with van der Waals surface area (Å²) in [6, 6.07) is 8.85. The van der Waals surface area contributed by atoms with Crippen LogP contribution in [0.3, 0.4) is 0 Å². The largest absolute Gasteiger partial charge is 0.292 e. The Hall–Kier alpha value is -1.89. The van der Waals surface area contributed by atoms with E-state index in [-0.39, 0.29) is 0 Å². The molecule has 1 aliphatic carbocycles. The molecular formula is C41H75N. The highest BCUT2D eigenvalue weighted by Gasteiger charge is 2.21. The zero-order chi connectivity index (χ0) is 33.0. The first-order chi connectivity index (χ1) is 19.9. The Labute approximate surface area is 266 Å². The summed E-state index contributed by atoms with van der Waals surface area (Å²) in [6.07, 6.45) is 21.5. The van der Waals surface area contributed by atoms with Gasteiger partial charge in [0.1, 0.15) is 0 Å². The second-order valence-corrected chi connectivity index (χ2v) is 12.5. The molecule has 0 amide bonds. The minimum Gasteiger partial charge on any atom is -0.292 e. The smallest absolute Gasteiger partial charge is 0.0450 e. The van der Waals surface area contributed by atoms with Gasteiger partial charge in [0, 0.05) is 18.7 Å². The molecule has 1 fully saturated rings. The lowest BCUT2D eigenvalue weighted by Crippen LogP contribution is -2.20. The van der Waals surface area contributed by atoms with Crippen molar-refractivity contribution >= 4 is 5.71 Å². The Morgan fingerprint density at radius 1 is 0.952 bits per heavy atom. The third-order valence-corrected chi connectivity index (χ3v) is 7.47. The van der Waals surface area contributed by atoms with Crippen molar-refractivity contribution in [2.45, 2.75) is 154 Å². The molecule has 1 heteroatoms. The van der Waals surface area contributed by atoms with Crippen LogP contribution in [0.25, 0.3) is 0 Å². The predicted molar refractivity (Wildman–Crippen MR) is 198 cm³/mol. The molecule has 0 bridgehead atoms. The zero-order valence-electron chi connectivity index (χ0n) is 31.1. The Morgan fingerprint density at radius 2 is 1.52 bits per heavy atom. The van der Waals surface area contributed by atoms with E-state index in [2.05, 4.69) is 129 Å². The number of hydrogen-bond donors (Lipinski definition) is 0. The van der Waals surface area contributed by atoms with Gasteiger partial charge in [0.2, 0.25) is 0 Å². The zero-order valence-corrected chi connectivity index (χ0v) is 31.1. The number of aryl methyl sites for hydroxylation is 1. The van der Waals surface area contributed by atoms with Gasteiger partial charge >= 0.3 is 0 Å². The second-order valence-electron chi connectivity index (χ2n) is 12.5. The van der Waals surface area contributed by atoms with Gasteiger partial charge in [-0.3, -0.25) is 4.99 Å². The van der Waals surface area contributed by atoms with E-state index in [4.69, 9.17) is 0 Å². The highest BCUT2D eigenvalue weighted by atomic mass is 14.7. The van der Waals surface area contributed by atoms with E-state index in [1.165, 1.54) is 73.8 Å². The number of allylic oxidation sites excluding steroid dienone is 5. The fourth-order valence-corrected chi connectivity index (χ4v) is 4.47. The van der Waals surface area contributed by atoms with Crippen molar-refractivity contribution in [3.8, 4) is 0 Å². The van der Waals surface area contributed by atoms with Crippen molar-refractivity contribution in [2.75, 3.05) is 7.05 Å². The van der Waals surface area contributed by atoms with Crippen molar-refractivity contribution in [3.63, 3.8) is 0 Å². The van der Waals surface area contributed by atoms with Crippen LogP contribution < -0.4 is 0 Å². The van der Waals surface area contributed by atoms with E-state index < -0.39 is 0 Å². The van der Waals surface area contributed by atoms with Crippen LogP contribution in [0.2, 0.25) is 0 Å². The van der Waals surface area contributed by atoms with E-state index >= 15 is 0 Å². The molecule has 1 nitrogen and oxygen atoms in total. The topological polar surface area (TPSA) is 12.4 Å². The number of benzene rings is 1. The van der Waals surface area contributed by atoms with Gasteiger partial charge in [-0.25, -0.2) is 0 Å². The minimum atomic E-state index is 0.314. The maximum Gasteiger partial charge on any atom is 0.0450 e. The molecule has 1 aromatic rings. The first-order valence-electron chi connectivity index (χ1n) is 17.5. The number of rotatable bonds is 9. The Balaban J connectivity index is -0.000000536. The minimum absolute atomic E-state index is 0.314. The third-order valence-electron chi connectivity index (χ3n) is 7.47. The molecule has 0 radical (unpaired) electrons. The standard InChI is InChI=1S/C17H25N.C9H18.C8H16.C5H10.C2H6/c1-3-9-14-10-7-8-13-16(14)17(18-2)15-11-5-4-6-12-15;1-5-9(4)7-6-8(2)3;1-6-7(2)8(3,4)5;1-3-5-4-2;1-2/h7-8,10,13,15H,3-6,9,11-12H2,1-2H3;6-9H,5H2,1-4H3;2,6H2,1,3-5H3;3,5H,4H2,1-2H3;1-2H3/b;7-6+;;5-3-;. The maximum atomic E-state index is 4.64. The molecule has 0 spiro atoms. The summed E-state index contributed by atoms with van der Waals surface area (Å²) in [5.41, 5.74) is 5.89. The van der Waals surface area contributed by atoms with E-state index in [1.54, 1.807) is 0 Å². The maximum absolute atomic E-state index is 4.64. The fourth-order valence-electron chi connectivity index (χ4n) is 4.47. The lowest BCUT2D eigenvalue weighted by atomic mass is 9.81. The van der Waals surface area contributed by atoms with Crippen LogP contribution >= 0.6 is 0 Å². The number of nitrogens with zero attached hydrogens (tertiary/aromatic N) is 1. The van der Waals surface area contributed by atoms with Crippen LogP contribution in [0.5, 0.6) is 0 Å². The number of aliphatic imine (C=N–C) groups is 1. The Bertz CT molecular complexity index is 825. The Morgan fingerprint density at radius 3 is 1.88 bits per heavy atom. The van der Waals surface area contributed by atoms with E-state index in [0.29, 0.717) is 17.3 Å². The summed E-state index contributed by atoms with van der Waals surface area (Å²) in [5, 5.41) is 0. The molecule has 0 heterocycles. The van der Waals surface area contributed by atoms with Crippen LogP contribution in [0, 0.1) is 23.2 Å². The summed E-state index contributed by atoms with van der Waals surface area (Å²) < 4.78 is 0. The van der Waals surface area contributed by atoms with Crippen molar-refractivity contribution in [3.05, 3.63) is 71.8 Å². The predicted octanol–water partition coefficient (Wildman–Crippen LogP) is 13.9. The summed E-state index contributed by atoms with van der Waals surface area (Å²) >= 11 is 0. The first-order valence-corrected chi connectivity index (χ1v) is 17.5. The molecule has 0 N–H and O–H groups in total. The van der Waals surface area contributed by atoms with E-state index in [9.17, 15) is 0 Å². The first kappa shape index (κ1) is 44.5. The molecule has 1 aromatic carbocycles. The second kappa shape index (κ2) is 29.2. The van der Waals surface area contributed by atoms with Gasteiger partial charge in [0.05, 0.1) is 0 Å². The summed E-state index contributed by atoms with van der Waals surface area (Å²) in [6.45, 7) is 32.0. The number of hydrogen-bond acceptors (Lipinski definition) is 1. The molecule has 0 aromatic heterocycles. The highest BCUT2D eigenvalue weighted by molar-refractivity contribution is 6.03. The van der Waals surface area contributed by atoms with Gasteiger partial charge in [-0.1, -0.05) is 176 Å². The van der Waals surface area contributed by atoms with Crippen LogP contribution in [-0.4, -0.2) is 12.8 Å². The van der Waals surface area contributed by atoms with Crippen molar-refractivity contribution in [1.29, 1.82) is 0 Å². The Kier molecular flexibility index (Phi) is 31.0. The van der Waals surface area contributed by atoms with Gasteiger partial charge in [0.15, 0.2) is 0 Å². The van der Waals surface area contributed by atoms with Gasteiger partial charge in [-0.2, -0.15) is 0 Å². The molecule has 1 aliphatic rings. The molecule has 1 unspecified atom stereocenters. The van der Waals surface area contributed by atoms with E-state index in [0.717, 1.165) is 18.8 Å². The van der Waals surface area contributed by atoms with E-state index in [1.807, 2.05) is 27.8 Å². The summed E-state index contributed by atoms with van der Waals surface area (Å²) in [4.78, 5) is 4.64. The highest BCUT2D eigenvalue weighted by Crippen LogP contribution is 2.29. The lowest BCUT2D eigenvalue weighted by molar-refractivity contribution is 0.439. The quantitative estimate of drug-likeness (QED) is 0.203. The third kappa shape index (κ3) is 23.6. The van der Waals surface area contributed by atoms with Gasteiger partial charge < -0.3 is 0 Å². The molecule has 1 saturated carbocycles. The average Bonchev–Trinajstić information content (AvgIpc) is 2.99. The van der Waals surface area contributed by atoms with Crippen LogP contribution in [-0.2, 0) is 6.42 Å². The average molecular weight is 582 g/mol. The molecule has 1 atom stereocenters. The molecular weight excluding hydrogens is 506 g/mol. The monoisotopic (exact) mass is 582 g/mol. The summed E-state index contributed by atoms with van der Waals surface area (Å²) in [7, 11) is 1.96. The normalized spacial score (nSPS) is 14.5. The fraction of sp³-hybridized carbons (Fsp3) is 0.683. The van der Waals surface area contributed by atoms with Crippen LogP contribution in [0.15, 0.2) is 65.7 Å². The summed E-state index contributed by atoms with van der Waals surface area (Å²) in [5.74, 6) is 2.16. The SMILES string of the molecule is C/C=C\CC.C=C(CC)C(C)(C)C.CC.CCC(C)/C=C/C(C)C.CCCc1ccccc1C(=NC)C1CCCCC1. The molecule has 0 saturated heterocycles. The van der Waals surface area contributed by atoms with Gasteiger partial charge in [0.25, 0.3) is 0 Å². The van der Waals surface area contributed by atoms with Crippen molar-refractivity contribution in [1.82, 2.24) is 0 Å². The molecule has 0 aliphatic heterocycles. The molecule has 244 valence electrons. The van der Waals surface area contributed by atoms with Gasteiger partial charge in [-0.15, -0.1) is 0 Å². The van der Waals surface area contributed by atoms with Gasteiger partial charge in [-0.05, 0) is 67.4 Å².